The summed E-state index contributed by atoms with van der Waals surface area (Å²) in [5.41, 5.74) is 6.51. The van der Waals surface area contributed by atoms with E-state index in [0.29, 0.717) is 0 Å². The molecule has 0 amide bonds. The second-order valence-electron chi connectivity index (χ2n) is 7.26. The van der Waals surface area contributed by atoms with Crippen molar-refractivity contribution in [2.75, 3.05) is 0 Å². The molecule has 0 saturated heterocycles. The Balaban J connectivity index is 1.93. The number of fused-ring (bicyclic) bond motifs is 8. The Morgan fingerprint density at radius 2 is 1.48 bits per heavy atom. The Kier molecular flexibility index (Phi) is 2.90. The molecule has 1 aliphatic carbocycles. The van der Waals surface area contributed by atoms with Gasteiger partial charge in [-0.3, -0.25) is 4.90 Å². The first-order valence-electron chi connectivity index (χ1n) is 8.90. The lowest BCUT2D eigenvalue weighted by atomic mass is 9.71. The average Bonchev–Trinajstić information content (AvgIpc) is 3.34. The van der Waals surface area contributed by atoms with E-state index in [4.69, 9.17) is 0 Å². The van der Waals surface area contributed by atoms with Crippen molar-refractivity contribution in [3.63, 3.8) is 0 Å². The van der Waals surface area contributed by atoms with E-state index < -0.39 is 0 Å². The predicted molar refractivity (Wildman–Crippen MR) is 103 cm³/mol. The predicted octanol–water partition coefficient (Wildman–Crippen LogP) is 5.39. The van der Waals surface area contributed by atoms with Crippen LogP contribution in [0.1, 0.15) is 61.8 Å². The van der Waals surface area contributed by atoms with Crippen LogP contribution < -0.4 is 0 Å². The third-order valence-corrected chi connectivity index (χ3v) is 7.12. The first-order chi connectivity index (χ1) is 11.2. The molecule has 118 valence electrons. The number of hydrogen-bond donors (Lipinski definition) is 0. The molecule has 2 aliphatic heterocycles. The summed E-state index contributed by atoms with van der Waals surface area (Å²) in [5.74, 6) is 0. The van der Waals surface area contributed by atoms with Crippen LogP contribution in [0.15, 0.2) is 42.5 Å². The highest BCUT2D eigenvalue weighted by atomic mass is 127. The molecule has 0 aromatic heterocycles. The zero-order chi connectivity index (χ0) is 15.8. The van der Waals surface area contributed by atoms with Crippen molar-refractivity contribution in [3.05, 3.63) is 68.3 Å². The Morgan fingerprint density at radius 3 is 2.04 bits per heavy atom. The second-order valence-corrected chi connectivity index (χ2v) is 8.51. The lowest BCUT2D eigenvalue weighted by Gasteiger charge is -2.40. The fraction of sp³-hybridized carbons (Fsp3) is 0.429. The third-order valence-electron chi connectivity index (χ3n) is 6.45. The van der Waals surface area contributed by atoms with Crippen LogP contribution in [0, 0.1) is 3.57 Å². The van der Waals surface area contributed by atoms with E-state index in [1.54, 1.807) is 22.3 Å². The fourth-order valence-electron chi connectivity index (χ4n) is 5.62. The molecule has 2 unspecified atom stereocenters. The van der Waals surface area contributed by atoms with Crippen molar-refractivity contribution in [1.82, 2.24) is 4.90 Å². The number of nitrogens with zero attached hydrogens (tertiary/aromatic N) is 1. The van der Waals surface area contributed by atoms with Gasteiger partial charge in [-0.25, -0.2) is 0 Å². The molecule has 1 nitrogen and oxygen atoms in total. The Bertz CT molecular complexity index is 809. The highest BCUT2D eigenvalue weighted by Gasteiger charge is 2.67. The molecule has 2 aromatic carbocycles. The summed E-state index contributed by atoms with van der Waals surface area (Å²) in [5, 5.41) is 0. The molecule has 1 fully saturated rings. The van der Waals surface area contributed by atoms with Gasteiger partial charge in [0.05, 0.1) is 11.1 Å². The van der Waals surface area contributed by atoms with Crippen LogP contribution in [0.4, 0.5) is 0 Å². The molecule has 2 aromatic rings. The van der Waals surface area contributed by atoms with E-state index in [9.17, 15) is 0 Å². The maximum atomic E-state index is 2.92. The minimum atomic E-state index is 0.101. The largest absolute Gasteiger partial charge is 0.273 e. The van der Waals surface area contributed by atoms with Crippen molar-refractivity contribution >= 4 is 22.6 Å². The molecule has 0 radical (unpaired) electrons. The monoisotopic (exact) mass is 415 g/mol. The van der Waals surface area contributed by atoms with E-state index in [1.165, 1.54) is 16.4 Å². The van der Waals surface area contributed by atoms with E-state index >= 15 is 0 Å². The SMILES string of the molecule is CCC12c3ccccc3C(CC)(c3cc(I)ccc31)N2C1CC1. The van der Waals surface area contributed by atoms with Gasteiger partial charge in [0.1, 0.15) is 0 Å². The molecule has 0 spiro atoms. The molecular formula is C21H22IN. The lowest BCUT2D eigenvalue weighted by Crippen LogP contribution is -2.46. The second kappa shape index (κ2) is 4.60. The summed E-state index contributed by atoms with van der Waals surface area (Å²) < 4.78 is 1.36. The van der Waals surface area contributed by atoms with Gasteiger partial charge >= 0.3 is 0 Å². The van der Waals surface area contributed by atoms with Crippen LogP contribution in [0.2, 0.25) is 0 Å². The van der Waals surface area contributed by atoms with E-state index in [0.717, 1.165) is 18.9 Å². The standard InChI is InChI=1S/C21H22IN/c1-3-20-16-7-5-6-8-17(16)21(4-2,23(20)15-10-11-15)19-13-14(22)9-12-18(19)20/h5-9,12-13,15H,3-4,10-11H2,1-2H3. The lowest BCUT2D eigenvalue weighted by molar-refractivity contribution is 0.0589. The van der Waals surface area contributed by atoms with Gasteiger partial charge in [-0.15, -0.1) is 0 Å². The van der Waals surface area contributed by atoms with Gasteiger partial charge in [-0.1, -0.05) is 44.2 Å². The zero-order valence-electron chi connectivity index (χ0n) is 13.8. The van der Waals surface area contributed by atoms with Crippen LogP contribution in [-0.2, 0) is 11.1 Å². The zero-order valence-corrected chi connectivity index (χ0v) is 15.9. The topological polar surface area (TPSA) is 3.24 Å². The summed E-state index contributed by atoms with van der Waals surface area (Å²) in [4.78, 5) is 2.92. The van der Waals surface area contributed by atoms with Gasteiger partial charge in [0.25, 0.3) is 0 Å². The number of halogens is 1. The maximum Gasteiger partial charge on any atom is 0.0732 e. The van der Waals surface area contributed by atoms with Crippen LogP contribution in [0.3, 0.4) is 0 Å². The molecule has 5 rings (SSSR count). The quantitative estimate of drug-likeness (QED) is 0.608. The highest BCUT2D eigenvalue weighted by Crippen LogP contribution is 2.68. The summed E-state index contributed by atoms with van der Waals surface area (Å²) in [6.07, 6.45) is 5.05. The first-order valence-corrected chi connectivity index (χ1v) is 9.98. The van der Waals surface area contributed by atoms with Gasteiger partial charge in [0, 0.05) is 9.61 Å². The molecular weight excluding hydrogens is 393 g/mol. The highest BCUT2D eigenvalue weighted by molar-refractivity contribution is 14.1. The third kappa shape index (κ3) is 1.49. The van der Waals surface area contributed by atoms with Crippen LogP contribution >= 0.6 is 22.6 Å². The fourth-order valence-corrected chi connectivity index (χ4v) is 6.11. The average molecular weight is 415 g/mol. The normalized spacial score (nSPS) is 31.3. The number of rotatable bonds is 3. The minimum absolute atomic E-state index is 0.101. The number of benzene rings is 2. The molecule has 2 heteroatoms. The molecule has 2 bridgehead atoms. The minimum Gasteiger partial charge on any atom is -0.273 e. The van der Waals surface area contributed by atoms with Crippen molar-refractivity contribution in [2.45, 2.75) is 56.7 Å². The van der Waals surface area contributed by atoms with Crippen LogP contribution in [0.25, 0.3) is 0 Å². The Hall–Kier alpha value is -0.870. The summed E-state index contributed by atoms with van der Waals surface area (Å²) in [6.45, 7) is 4.76. The van der Waals surface area contributed by atoms with Crippen LogP contribution in [-0.4, -0.2) is 10.9 Å². The van der Waals surface area contributed by atoms with Gasteiger partial charge in [-0.2, -0.15) is 0 Å². The first kappa shape index (κ1) is 14.5. The molecule has 23 heavy (non-hydrogen) atoms. The van der Waals surface area contributed by atoms with Gasteiger partial charge < -0.3 is 0 Å². The van der Waals surface area contributed by atoms with Crippen LogP contribution in [0.5, 0.6) is 0 Å². The molecule has 0 N–H and O–H groups in total. The molecule has 2 heterocycles. The maximum absolute atomic E-state index is 2.92. The van der Waals surface area contributed by atoms with Crippen molar-refractivity contribution < 1.29 is 0 Å². The molecule has 2 atom stereocenters. The van der Waals surface area contributed by atoms with Crippen molar-refractivity contribution in [3.8, 4) is 0 Å². The van der Waals surface area contributed by atoms with E-state index in [-0.39, 0.29) is 11.1 Å². The van der Waals surface area contributed by atoms with E-state index in [1.807, 2.05) is 0 Å². The summed E-state index contributed by atoms with van der Waals surface area (Å²) in [7, 11) is 0. The Labute approximate surface area is 152 Å². The van der Waals surface area contributed by atoms with Gasteiger partial charge in [-0.05, 0) is 82.7 Å². The smallest absolute Gasteiger partial charge is 0.0732 e. The van der Waals surface area contributed by atoms with Gasteiger partial charge in [0.15, 0.2) is 0 Å². The van der Waals surface area contributed by atoms with Gasteiger partial charge in [0.2, 0.25) is 0 Å². The number of hydrogen-bond acceptors (Lipinski definition) is 1. The van der Waals surface area contributed by atoms with Crippen molar-refractivity contribution in [2.24, 2.45) is 0 Å². The molecule has 3 aliphatic rings. The van der Waals surface area contributed by atoms with Crippen molar-refractivity contribution in [1.29, 1.82) is 0 Å². The Morgan fingerprint density at radius 1 is 0.913 bits per heavy atom. The summed E-state index contributed by atoms with van der Waals surface area (Å²) >= 11 is 2.48. The van der Waals surface area contributed by atoms with E-state index in [2.05, 4.69) is 83.8 Å². The summed E-state index contributed by atoms with van der Waals surface area (Å²) in [6, 6.07) is 17.2. The molecule has 1 saturated carbocycles.